The molecule has 0 aliphatic carbocycles. The van der Waals surface area contributed by atoms with Gasteiger partial charge in [-0.1, -0.05) is 37.7 Å². The second kappa shape index (κ2) is 3.39. The molecular formula is C5H9ClS. The Hall–Kier alpha value is 0.380. The van der Waals surface area contributed by atoms with Gasteiger partial charge in [0.25, 0.3) is 0 Å². The zero-order chi connectivity index (χ0) is 5.86. The lowest BCUT2D eigenvalue weighted by molar-refractivity contribution is 0.692. The van der Waals surface area contributed by atoms with Crippen LogP contribution in [0, 0.1) is 5.92 Å². The highest BCUT2D eigenvalue weighted by Gasteiger charge is 1.94. The maximum Gasteiger partial charge on any atom is 0.0811 e. The zero-order valence-corrected chi connectivity index (χ0v) is 6.14. The van der Waals surface area contributed by atoms with Gasteiger partial charge in [-0.25, -0.2) is 0 Å². The van der Waals surface area contributed by atoms with Crippen molar-refractivity contribution in [3.05, 3.63) is 0 Å². The van der Waals surface area contributed by atoms with Gasteiger partial charge in [0.15, 0.2) is 0 Å². The highest BCUT2D eigenvalue weighted by atomic mass is 35.5. The first kappa shape index (κ1) is 7.38. The predicted octanol–water partition coefficient (Wildman–Crippen LogP) is 2.60. The molecule has 0 aliphatic heterocycles. The number of rotatable bonds is 2. The molecule has 0 aliphatic rings. The maximum atomic E-state index is 5.40. The van der Waals surface area contributed by atoms with Crippen molar-refractivity contribution >= 4 is 28.1 Å². The Kier molecular flexibility index (Phi) is 3.57. The zero-order valence-electron chi connectivity index (χ0n) is 4.57. The molecule has 0 amide bonds. The van der Waals surface area contributed by atoms with Crippen molar-refractivity contribution in [1.82, 2.24) is 0 Å². The summed E-state index contributed by atoms with van der Waals surface area (Å²) in [5, 5.41) is 0. The van der Waals surface area contributed by atoms with Crippen LogP contribution in [0.2, 0.25) is 0 Å². The third kappa shape index (κ3) is 6.38. The molecule has 0 atom stereocenters. The normalized spacial score (nSPS) is 9.71. The Morgan fingerprint density at radius 1 is 1.71 bits per heavy atom. The average molecular weight is 137 g/mol. The lowest BCUT2D eigenvalue weighted by atomic mass is 10.2. The lowest BCUT2D eigenvalue weighted by Crippen LogP contribution is -1.90. The first-order valence-electron chi connectivity index (χ1n) is 2.31. The van der Waals surface area contributed by atoms with E-state index in [0.717, 1.165) is 6.42 Å². The number of hydrogen-bond donors (Lipinski definition) is 0. The Morgan fingerprint density at radius 3 is 2.14 bits per heavy atom. The molecule has 0 fully saturated rings. The monoisotopic (exact) mass is 136 g/mol. The van der Waals surface area contributed by atoms with Crippen LogP contribution in [-0.4, -0.2) is 4.32 Å². The first-order valence-corrected chi connectivity index (χ1v) is 3.10. The molecule has 0 aromatic rings. The highest BCUT2D eigenvalue weighted by Crippen LogP contribution is 2.03. The Bertz CT molecular complexity index is 68.5. The topological polar surface area (TPSA) is 0 Å². The van der Waals surface area contributed by atoms with Crippen molar-refractivity contribution in [3.63, 3.8) is 0 Å². The van der Waals surface area contributed by atoms with E-state index in [-0.39, 0.29) is 0 Å². The molecule has 0 aromatic carbocycles. The highest BCUT2D eigenvalue weighted by molar-refractivity contribution is 7.83. The summed E-state index contributed by atoms with van der Waals surface area (Å²) in [5.74, 6) is 0.602. The molecule has 0 bridgehead atoms. The molecule has 0 nitrogen and oxygen atoms in total. The minimum atomic E-state index is 0.593. The molecular weight excluding hydrogens is 128 g/mol. The van der Waals surface area contributed by atoms with Crippen molar-refractivity contribution in [1.29, 1.82) is 0 Å². The molecule has 0 radical (unpaired) electrons. The van der Waals surface area contributed by atoms with E-state index < -0.39 is 0 Å². The van der Waals surface area contributed by atoms with Crippen LogP contribution < -0.4 is 0 Å². The van der Waals surface area contributed by atoms with Gasteiger partial charge >= 0.3 is 0 Å². The summed E-state index contributed by atoms with van der Waals surface area (Å²) < 4.78 is 0.593. The van der Waals surface area contributed by atoms with Crippen LogP contribution in [0.15, 0.2) is 0 Å². The molecule has 0 unspecified atom stereocenters. The average Bonchev–Trinajstić information content (AvgIpc) is 1.27. The molecule has 0 aromatic heterocycles. The van der Waals surface area contributed by atoms with E-state index >= 15 is 0 Å². The molecule has 0 N–H and O–H groups in total. The second-order valence-corrected chi connectivity index (χ2v) is 3.13. The second-order valence-electron chi connectivity index (χ2n) is 1.95. The van der Waals surface area contributed by atoms with Gasteiger partial charge in [0.2, 0.25) is 0 Å². The standard InChI is InChI=1S/C5H9ClS/c1-4(2)3-5(6)7/h4H,3H2,1-2H3. The summed E-state index contributed by atoms with van der Waals surface area (Å²) in [4.78, 5) is 0. The van der Waals surface area contributed by atoms with E-state index in [1.165, 1.54) is 0 Å². The fourth-order valence-electron chi connectivity index (χ4n) is 0.321. The van der Waals surface area contributed by atoms with Crippen molar-refractivity contribution in [2.75, 3.05) is 0 Å². The molecule has 0 spiro atoms. The summed E-state index contributed by atoms with van der Waals surface area (Å²) in [5.41, 5.74) is 0. The molecule has 0 heterocycles. The van der Waals surface area contributed by atoms with Gasteiger partial charge in [-0.05, 0) is 12.3 Å². The van der Waals surface area contributed by atoms with Crippen LogP contribution in [0.5, 0.6) is 0 Å². The minimum Gasteiger partial charge on any atom is -0.0765 e. The van der Waals surface area contributed by atoms with E-state index in [9.17, 15) is 0 Å². The summed E-state index contributed by atoms with van der Waals surface area (Å²) in [6.07, 6.45) is 0.858. The smallest absolute Gasteiger partial charge is 0.0765 e. The number of hydrogen-bond acceptors (Lipinski definition) is 1. The number of halogens is 1. The van der Waals surface area contributed by atoms with Gasteiger partial charge < -0.3 is 0 Å². The third-order valence-electron chi connectivity index (χ3n) is 0.569. The Balaban J connectivity index is 3.13. The Labute approximate surface area is 54.9 Å². The van der Waals surface area contributed by atoms with Crippen molar-refractivity contribution in [2.24, 2.45) is 5.92 Å². The van der Waals surface area contributed by atoms with Gasteiger partial charge in [-0.2, -0.15) is 0 Å². The van der Waals surface area contributed by atoms with Crippen molar-refractivity contribution < 1.29 is 0 Å². The predicted molar refractivity (Wildman–Crippen MR) is 37.9 cm³/mol. The van der Waals surface area contributed by atoms with E-state index in [2.05, 4.69) is 26.1 Å². The summed E-state index contributed by atoms with van der Waals surface area (Å²) >= 11 is 10.0. The fourth-order valence-corrected chi connectivity index (χ4v) is 0.963. The largest absolute Gasteiger partial charge is 0.0811 e. The van der Waals surface area contributed by atoms with Gasteiger partial charge in [-0.3, -0.25) is 0 Å². The third-order valence-corrected chi connectivity index (χ3v) is 0.890. The van der Waals surface area contributed by atoms with Crippen LogP contribution in [-0.2, 0) is 0 Å². The van der Waals surface area contributed by atoms with E-state index in [0.29, 0.717) is 10.2 Å². The van der Waals surface area contributed by atoms with Crippen LogP contribution in [0.3, 0.4) is 0 Å². The quantitative estimate of drug-likeness (QED) is 0.416. The Morgan fingerprint density at radius 2 is 2.14 bits per heavy atom. The molecule has 2 heteroatoms. The van der Waals surface area contributed by atoms with Gasteiger partial charge in [-0.15, -0.1) is 0 Å². The van der Waals surface area contributed by atoms with Crippen LogP contribution >= 0.6 is 23.8 Å². The van der Waals surface area contributed by atoms with Crippen molar-refractivity contribution in [3.8, 4) is 0 Å². The molecule has 0 saturated carbocycles. The number of thiocarbonyl (C=S) groups is 1. The van der Waals surface area contributed by atoms with Crippen molar-refractivity contribution in [2.45, 2.75) is 20.3 Å². The molecule has 0 saturated heterocycles. The van der Waals surface area contributed by atoms with Crippen LogP contribution in [0.1, 0.15) is 20.3 Å². The SMILES string of the molecule is CC(C)CC(=S)Cl. The minimum absolute atomic E-state index is 0.593. The fraction of sp³-hybridized carbons (Fsp3) is 0.800. The first-order chi connectivity index (χ1) is 3.13. The molecule has 42 valence electrons. The van der Waals surface area contributed by atoms with Gasteiger partial charge in [0, 0.05) is 0 Å². The van der Waals surface area contributed by atoms with Crippen LogP contribution in [0.25, 0.3) is 0 Å². The lowest BCUT2D eigenvalue weighted by Gasteiger charge is -1.96. The van der Waals surface area contributed by atoms with E-state index in [4.69, 9.17) is 11.6 Å². The van der Waals surface area contributed by atoms with Crippen LogP contribution in [0.4, 0.5) is 0 Å². The van der Waals surface area contributed by atoms with Gasteiger partial charge in [0.1, 0.15) is 0 Å². The summed E-state index contributed by atoms with van der Waals surface area (Å²) in [6, 6.07) is 0. The molecule has 7 heavy (non-hydrogen) atoms. The van der Waals surface area contributed by atoms with Gasteiger partial charge in [0.05, 0.1) is 4.32 Å². The maximum absolute atomic E-state index is 5.40. The summed E-state index contributed by atoms with van der Waals surface area (Å²) in [7, 11) is 0. The summed E-state index contributed by atoms with van der Waals surface area (Å²) in [6.45, 7) is 4.18. The molecule has 0 rings (SSSR count). The van der Waals surface area contributed by atoms with E-state index in [1.807, 2.05) is 0 Å². The van der Waals surface area contributed by atoms with E-state index in [1.54, 1.807) is 0 Å².